The standard InChI is InChI=1S/C18H22N4O3/c23-16-4-3-15(17(24)21-16)22-10-13-5-11(1-2-14(13)18(22)25)6-19-7-12-8-20-9-12/h1-2,5,12,15,19-20H,3-4,6-10H2,(H,21,23,24). The topological polar surface area (TPSA) is 90.5 Å². The molecule has 2 fully saturated rings. The number of piperidine rings is 1. The van der Waals surface area contributed by atoms with E-state index in [9.17, 15) is 14.4 Å². The van der Waals surface area contributed by atoms with Crippen molar-refractivity contribution in [3.8, 4) is 0 Å². The molecule has 3 aliphatic rings. The summed E-state index contributed by atoms with van der Waals surface area (Å²) in [5.74, 6) is -0.0441. The van der Waals surface area contributed by atoms with Crippen molar-refractivity contribution in [3.63, 3.8) is 0 Å². The van der Waals surface area contributed by atoms with Gasteiger partial charge in [0, 0.05) is 44.7 Å². The Hall–Kier alpha value is -2.25. The second-order valence-corrected chi connectivity index (χ2v) is 7.05. The molecule has 0 aliphatic carbocycles. The molecule has 3 amide bonds. The van der Waals surface area contributed by atoms with Crippen molar-refractivity contribution >= 4 is 17.7 Å². The second kappa shape index (κ2) is 6.57. The Kier molecular flexibility index (Phi) is 4.27. The Labute approximate surface area is 146 Å². The predicted octanol–water partition coefficient (Wildman–Crippen LogP) is -0.243. The average Bonchev–Trinajstić information content (AvgIpc) is 2.86. The van der Waals surface area contributed by atoms with Crippen LogP contribution in [0.25, 0.3) is 0 Å². The number of carbonyl (C=O) groups excluding carboxylic acids is 3. The van der Waals surface area contributed by atoms with Crippen molar-refractivity contribution in [3.05, 3.63) is 34.9 Å². The Morgan fingerprint density at radius 3 is 2.76 bits per heavy atom. The van der Waals surface area contributed by atoms with E-state index in [-0.39, 0.29) is 24.1 Å². The van der Waals surface area contributed by atoms with E-state index in [4.69, 9.17) is 0 Å². The zero-order valence-corrected chi connectivity index (χ0v) is 14.0. The monoisotopic (exact) mass is 342 g/mol. The fourth-order valence-corrected chi connectivity index (χ4v) is 3.65. The van der Waals surface area contributed by atoms with Gasteiger partial charge in [0.1, 0.15) is 6.04 Å². The molecule has 1 atom stereocenters. The molecule has 3 N–H and O–H groups in total. The Bertz CT molecular complexity index is 729. The van der Waals surface area contributed by atoms with E-state index in [2.05, 4.69) is 16.0 Å². The van der Waals surface area contributed by atoms with Gasteiger partial charge in [-0.3, -0.25) is 19.7 Å². The first-order valence-corrected chi connectivity index (χ1v) is 8.79. The van der Waals surface area contributed by atoms with Crippen LogP contribution in [-0.4, -0.2) is 48.3 Å². The number of nitrogens with zero attached hydrogens (tertiary/aromatic N) is 1. The van der Waals surface area contributed by atoms with Crippen molar-refractivity contribution < 1.29 is 14.4 Å². The number of carbonyl (C=O) groups is 3. The van der Waals surface area contributed by atoms with Gasteiger partial charge in [-0.1, -0.05) is 12.1 Å². The van der Waals surface area contributed by atoms with Crippen LogP contribution in [0, 0.1) is 5.92 Å². The van der Waals surface area contributed by atoms with Crippen LogP contribution < -0.4 is 16.0 Å². The third kappa shape index (κ3) is 3.17. The average molecular weight is 342 g/mol. The Morgan fingerprint density at radius 2 is 2.04 bits per heavy atom. The van der Waals surface area contributed by atoms with E-state index < -0.39 is 6.04 Å². The number of hydrogen-bond donors (Lipinski definition) is 3. The molecule has 2 saturated heterocycles. The van der Waals surface area contributed by atoms with Crippen LogP contribution in [0.2, 0.25) is 0 Å². The zero-order valence-electron chi connectivity index (χ0n) is 14.0. The summed E-state index contributed by atoms with van der Waals surface area (Å²) in [5, 5.41) is 9.03. The minimum atomic E-state index is -0.551. The van der Waals surface area contributed by atoms with E-state index in [1.165, 1.54) is 0 Å². The molecule has 25 heavy (non-hydrogen) atoms. The maximum absolute atomic E-state index is 12.6. The summed E-state index contributed by atoms with van der Waals surface area (Å²) in [6.45, 7) is 4.35. The number of fused-ring (bicyclic) bond motifs is 1. The molecule has 7 nitrogen and oxygen atoms in total. The molecule has 4 rings (SSSR count). The summed E-state index contributed by atoms with van der Waals surface area (Å²) in [6.07, 6.45) is 0.677. The number of amides is 3. The fourth-order valence-electron chi connectivity index (χ4n) is 3.65. The molecule has 0 radical (unpaired) electrons. The molecular weight excluding hydrogens is 320 g/mol. The molecule has 1 aromatic rings. The molecule has 3 aliphatic heterocycles. The van der Waals surface area contributed by atoms with E-state index in [1.807, 2.05) is 18.2 Å². The smallest absolute Gasteiger partial charge is 0.255 e. The molecule has 132 valence electrons. The third-order valence-corrected chi connectivity index (χ3v) is 5.22. The summed E-state index contributed by atoms with van der Waals surface area (Å²) in [5.41, 5.74) is 2.76. The van der Waals surface area contributed by atoms with E-state index in [0.717, 1.165) is 37.3 Å². The van der Waals surface area contributed by atoms with Crippen molar-refractivity contribution in [2.45, 2.75) is 32.0 Å². The molecule has 0 aromatic heterocycles. The van der Waals surface area contributed by atoms with Gasteiger partial charge in [0.2, 0.25) is 11.8 Å². The summed E-state index contributed by atoms with van der Waals surface area (Å²) >= 11 is 0. The van der Waals surface area contributed by atoms with Crippen LogP contribution in [-0.2, 0) is 22.7 Å². The van der Waals surface area contributed by atoms with E-state index >= 15 is 0 Å². The first-order chi connectivity index (χ1) is 12.1. The first kappa shape index (κ1) is 16.2. The molecule has 0 saturated carbocycles. The Balaban J connectivity index is 1.41. The van der Waals surface area contributed by atoms with Gasteiger partial charge in [0.05, 0.1) is 0 Å². The lowest BCUT2D eigenvalue weighted by Crippen LogP contribution is -2.52. The zero-order chi connectivity index (χ0) is 17.4. The summed E-state index contributed by atoms with van der Waals surface area (Å²) in [7, 11) is 0. The second-order valence-electron chi connectivity index (χ2n) is 7.05. The summed E-state index contributed by atoms with van der Waals surface area (Å²) in [6, 6.07) is 5.32. The van der Waals surface area contributed by atoms with Crippen molar-refractivity contribution in [1.82, 2.24) is 20.9 Å². The summed E-state index contributed by atoms with van der Waals surface area (Å²) < 4.78 is 0. The van der Waals surface area contributed by atoms with E-state index in [1.54, 1.807) is 4.90 Å². The molecule has 0 bridgehead atoms. The molecular formula is C18H22N4O3. The first-order valence-electron chi connectivity index (χ1n) is 8.79. The number of hydrogen-bond acceptors (Lipinski definition) is 5. The van der Waals surface area contributed by atoms with Gasteiger partial charge in [-0.05, 0) is 29.5 Å². The Morgan fingerprint density at radius 1 is 1.20 bits per heavy atom. The highest BCUT2D eigenvalue weighted by Gasteiger charge is 2.38. The van der Waals surface area contributed by atoms with Crippen LogP contribution in [0.4, 0.5) is 0 Å². The van der Waals surface area contributed by atoms with Crippen molar-refractivity contribution in [2.24, 2.45) is 5.92 Å². The minimum absolute atomic E-state index is 0.121. The lowest BCUT2D eigenvalue weighted by atomic mass is 10.0. The molecule has 0 spiro atoms. The SMILES string of the molecule is O=C1CCC(N2Cc3cc(CNCC4CNC4)ccc3C2=O)C(=O)N1. The highest BCUT2D eigenvalue weighted by molar-refractivity contribution is 6.05. The lowest BCUT2D eigenvalue weighted by molar-refractivity contribution is -0.136. The maximum Gasteiger partial charge on any atom is 0.255 e. The summed E-state index contributed by atoms with van der Waals surface area (Å²) in [4.78, 5) is 37.6. The number of rotatable bonds is 5. The highest BCUT2D eigenvalue weighted by atomic mass is 16.2. The van der Waals surface area contributed by atoms with E-state index in [0.29, 0.717) is 24.4 Å². The minimum Gasteiger partial charge on any atom is -0.322 e. The maximum atomic E-state index is 12.6. The van der Waals surface area contributed by atoms with Crippen LogP contribution in [0.15, 0.2) is 18.2 Å². The van der Waals surface area contributed by atoms with Crippen LogP contribution in [0.3, 0.4) is 0 Å². The normalized spacial score (nSPS) is 23.4. The molecule has 1 aromatic carbocycles. The molecule has 1 unspecified atom stereocenters. The van der Waals surface area contributed by atoms with Gasteiger partial charge in [-0.25, -0.2) is 0 Å². The fraction of sp³-hybridized carbons (Fsp3) is 0.500. The van der Waals surface area contributed by atoms with Crippen molar-refractivity contribution in [1.29, 1.82) is 0 Å². The number of nitrogens with one attached hydrogen (secondary N) is 3. The van der Waals surface area contributed by atoms with Crippen molar-refractivity contribution in [2.75, 3.05) is 19.6 Å². The third-order valence-electron chi connectivity index (χ3n) is 5.22. The molecule has 3 heterocycles. The van der Waals surface area contributed by atoms with Gasteiger partial charge in [-0.15, -0.1) is 0 Å². The highest BCUT2D eigenvalue weighted by Crippen LogP contribution is 2.28. The number of benzene rings is 1. The van der Waals surface area contributed by atoms with Gasteiger partial charge in [-0.2, -0.15) is 0 Å². The van der Waals surface area contributed by atoms with Crippen LogP contribution in [0.5, 0.6) is 0 Å². The quantitative estimate of drug-likeness (QED) is 0.643. The number of imide groups is 1. The van der Waals surface area contributed by atoms with Gasteiger partial charge < -0.3 is 15.5 Å². The van der Waals surface area contributed by atoms with Gasteiger partial charge in [0.25, 0.3) is 5.91 Å². The van der Waals surface area contributed by atoms with Gasteiger partial charge >= 0.3 is 0 Å². The van der Waals surface area contributed by atoms with Crippen LogP contribution in [0.1, 0.15) is 34.3 Å². The van der Waals surface area contributed by atoms with Crippen LogP contribution >= 0.6 is 0 Å². The molecule has 7 heteroatoms. The lowest BCUT2D eigenvalue weighted by Gasteiger charge is -2.29. The predicted molar refractivity (Wildman–Crippen MR) is 90.6 cm³/mol. The largest absolute Gasteiger partial charge is 0.322 e. The van der Waals surface area contributed by atoms with Gasteiger partial charge in [0.15, 0.2) is 0 Å².